The molecule has 1 rings (SSSR count). The number of anilines is 1. The third-order valence-corrected chi connectivity index (χ3v) is 3.49. The van der Waals surface area contributed by atoms with Gasteiger partial charge < -0.3 is 10.5 Å². The summed E-state index contributed by atoms with van der Waals surface area (Å²) in [5.41, 5.74) is 9.34. The van der Waals surface area contributed by atoms with Crippen LogP contribution in [0.2, 0.25) is 0 Å². The van der Waals surface area contributed by atoms with Crippen molar-refractivity contribution < 1.29 is 9.53 Å². The Kier molecular flexibility index (Phi) is 5.78. The molecule has 0 aliphatic rings. The summed E-state index contributed by atoms with van der Waals surface area (Å²) in [6, 6.07) is 4.18. The van der Waals surface area contributed by atoms with Gasteiger partial charge in [0.15, 0.2) is 0 Å². The van der Waals surface area contributed by atoms with Crippen LogP contribution in [-0.2, 0) is 4.74 Å². The molecule has 0 spiro atoms. The summed E-state index contributed by atoms with van der Waals surface area (Å²) in [6.07, 6.45) is 0.502. The summed E-state index contributed by atoms with van der Waals surface area (Å²) in [6.45, 7) is 12.4. The average Bonchev–Trinajstić information content (AvgIpc) is 2.32. The minimum Gasteiger partial charge on any atom is -0.444 e. The molecule has 21 heavy (non-hydrogen) atoms. The van der Waals surface area contributed by atoms with Crippen LogP contribution in [0.1, 0.15) is 56.7 Å². The van der Waals surface area contributed by atoms with E-state index in [0.717, 1.165) is 23.2 Å². The Bertz CT molecular complexity index is 504. The number of aryl methyl sites for hydroxylation is 1. The van der Waals surface area contributed by atoms with Crippen molar-refractivity contribution in [2.75, 3.05) is 11.9 Å². The van der Waals surface area contributed by atoms with Gasteiger partial charge in [0.25, 0.3) is 0 Å². The van der Waals surface area contributed by atoms with Crippen LogP contribution in [0.15, 0.2) is 12.1 Å². The molecule has 3 N–H and O–H groups in total. The minimum absolute atomic E-state index is 0.369. The van der Waals surface area contributed by atoms with Crippen molar-refractivity contribution in [1.82, 2.24) is 0 Å². The van der Waals surface area contributed by atoms with Gasteiger partial charge in [-0.1, -0.05) is 13.0 Å². The fraction of sp³-hybridized carbons (Fsp3) is 0.588. The first-order valence-electron chi connectivity index (χ1n) is 7.45. The monoisotopic (exact) mass is 292 g/mol. The van der Waals surface area contributed by atoms with Gasteiger partial charge in [0.1, 0.15) is 5.60 Å². The Morgan fingerprint density at radius 2 is 1.95 bits per heavy atom. The van der Waals surface area contributed by atoms with Gasteiger partial charge in [0, 0.05) is 5.69 Å². The van der Waals surface area contributed by atoms with Gasteiger partial charge in [-0.25, -0.2) is 4.79 Å². The molecule has 1 atom stereocenters. The zero-order valence-electron chi connectivity index (χ0n) is 14.0. The van der Waals surface area contributed by atoms with E-state index in [-0.39, 0.29) is 0 Å². The van der Waals surface area contributed by atoms with Crippen molar-refractivity contribution in [1.29, 1.82) is 0 Å². The number of carbonyl (C=O) groups is 1. The summed E-state index contributed by atoms with van der Waals surface area (Å²) in [5.74, 6) is 0.369. The molecule has 0 aliphatic heterocycles. The van der Waals surface area contributed by atoms with Crippen molar-refractivity contribution >= 4 is 11.8 Å². The third-order valence-electron chi connectivity index (χ3n) is 3.49. The molecule has 1 unspecified atom stereocenters. The van der Waals surface area contributed by atoms with Crippen LogP contribution < -0.4 is 11.1 Å². The van der Waals surface area contributed by atoms with Gasteiger partial charge in [-0.3, -0.25) is 5.32 Å². The van der Waals surface area contributed by atoms with E-state index in [0.29, 0.717) is 12.5 Å². The van der Waals surface area contributed by atoms with E-state index >= 15 is 0 Å². The van der Waals surface area contributed by atoms with Crippen LogP contribution in [-0.4, -0.2) is 18.2 Å². The van der Waals surface area contributed by atoms with Crippen LogP contribution in [0.5, 0.6) is 0 Å². The largest absolute Gasteiger partial charge is 0.444 e. The van der Waals surface area contributed by atoms with Crippen molar-refractivity contribution in [3.05, 3.63) is 28.8 Å². The second kappa shape index (κ2) is 6.94. The smallest absolute Gasteiger partial charge is 0.412 e. The molecule has 118 valence electrons. The maximum Gasteiger partial charge on any atom is 0.412 e. The molecule has 0 saturated carbocycles. The first kappa shape index (κ1) is 17.5. The standard InChI is InChI=1S/C17H28N2O2/c1-11(7-8-18)14-9-12(2)13(3)15(10-14)19-16(20)21-17(4,5)6/h9-11H,7-8,18H2,1-6H3,(H,19,20). The van der Waals surface area contributed by atoms with Crippen LogP contribution in [0, 0.1) is 13.8 Å². The predicted octanol–water partition coefficient (Wildman–Crippen LogP) is 4.10. The van der Waals surface area contributed by atoms with Crippen molar-refractivity contribution in [3.8, 4) is 0 Å². The molecule has 1 aromatic carbocycles. The van der Waals surface area contributed by atoms with Gasteiger partial charge in [-0.05, 0) is 76.3 Å². The number of hydrogen-bond acceptors (Lipinski definition) is 3. The number of carbonyl (C=O) groups excluding carboxylic acids is 1. The number of nitrogens with one attached hydrogen (secondary N) is 1. The van der Waals surface area contributed by atoms with E-state index in [2.05, 4.69) is 18.3 Å². The zero-order valence-corrected chi connectivity index (χ0v) is 14.0. The molecule has 0 fully saturated rings. The number of amides is 1. The summed E-state index contributed by atoms with van der Waals surface area (Å²) in [7, 11) is 0. The first-order chi connectivity index (χ1) is 9.64. The van der Waals surface area contributed by atoms with Crippen molar-refractivity contribution in [3.63, 3.8) is 0 Å². The lowest BCUT2D eigenvalue weighted by Crippen LogP contribution is -2.27. The molecule has 0 aromatic heterocycles. The molecule has 4 nitrogen and oxygen atoms in total. The molecule has 4 heteroatoms. The molecule has 0 aliphatic carbocycles. The SMILES string of the molecule is Cc1cc(C(C)CCN)cc(NC(=O)OC(C)(C)C)c1C. The Morgan fingerprint density at radius 1 is 1.33 bits per heavy atom. The Morgan fingerprint density at radius 3 is 2.48 bits per heavy atom. The number of hydrogen-bond donors (Lipinski definition) is 2. The lowest BCUT2D eigenvalue weighted by atomic mass is 9.93. The third kappa shape index (κ3) is 5.38. The van der Waals surface area contributed by atoms with Gasteiger partial charge >= 0.3 is 6.09 Å². The van der Waals surface area contributed by atoms with Crippen LogP contribution >= 0.6 is 0 Å². The van der Waals surface area contributed by atoms with E-state index in [1.54, 1.807) is 0 Å². The second-order valence-electron chi connectivity index (χ2n) is 6.62. The maximum absolute atomic E-state index is 11.9. The normalized spacial score (nSPS) is 12.9. The number of benzene rings is 1. The Labute approximate surface area is 128 Å². The highest BCUT2D eigenvalue weighted by molar-refractivity contribution is 5.86. The summed E-state index contributed by atoms with van der Waals surface area (Å²) in [4.78, 5) is 11.9. The van der Waals surface area contributed by atoms with Crippen LogP contribution in [0.3, 0.4) is 0 Å². The van der Waals surface area contributed by atoms with Crippen molar-refractivity contribution in [2.45, 2.75) is 59.5 Å². The molecular weight excluding hydrogens is 264 g/mol. The first-order valence-corrected chi connectivity index (χ1v) is 7.45. The van der Waals surface area contributed by atoms with E-state index in [4.69, 9.17) is 10.5 Å². The molecular formula is C17H28N2O2. The van der Waals surface area contributed by atoms with Crippen LogP contribution in [0.25, 0.3) is 0 Å². The van der Waals surface area contributed by atoms with Gasteiger partial charge in [-0.2, -0.15) is 0 Å². The molecule has 0 radical (unpaired) electrons. The highest BCUT2D eigenvalue weighted by Gasteiger charge is 2.18. The molecule has 1 aromatic rings. The second-order valence-corrected chi connectivity index (χ2v) is 6.62. The zero-order chi connectivity index (χ0) is 16.2. The van der Waals surface area contributed by atoms with E-state index in [9.17, 15) is 4.79 Å². The highest BCUT2D eigenvalue weighted by atomic mass is 16.6. The molecule has 0 saturated heterocycles. The summed E-state index contributed by atoms with van der Waals surface area (Å²) >= 11 is 0. The number of ether oxygens (including phenoxy) is 1. The number of nitrogens with two attached hydrogens (primary N) is 1. The predicted molar refractivity (Wildman–Crippen MR) is 87.9 cm³/mol. The minimum atomic E-state index is -0.502. The maximum atomic E-state index is 11.9. The lowest BCUT2D eigenvalue weighted by molar-refractivity contribution is 0.0636. The van der Waals surface area contributed by atoms with E-state index in [1.807, 2.05) is 40.7 Å². The lowest BCUT2D eigenvalue weighted by Gasteiger charge is -2.21. The van der Waals surface area contributed by atoms with E-state index < -0.39 is 11.7 Å². The van der Waals surface area contributed by atoms with Crippen molar-refractivity contribution in [2.24, 2.45) is 5.73 Å². The molecule has 0 bridgehead atoms. The van der Waals surface area contributed by atoms with E-state index in [1.165, 1.54) is 5.56 Å². The topological polar surface area (TPSA) is 64.3 Å². The quantitative estimate of drug-likeness (QED) is 0.878. The van der Waals surface area contributed by atoms with Gasteiger partial charge in [0.2, 0.25) is 0 Å². The highest BCUT2D eigenvalue weighted by Crippen LogP contribution is 2.27. The fourth-order valence-electron chi connectivity index (χ4n) is 2.13. The molecule has 0 heterocycles. The fourth-order valence-corrected chi connectivity index (χ4v) is 2.13. The van der Waals surface area contributed by atoms with Gasteiger partial charge in [0.05, 0.1) is 0 Å². The summed E-state index contributed by atoms with van der Waals surface area (Å²) in [5, 5.41) is 2.85. The van der Waals surface area contributed by atoms with Gasteiger partial charge in [-0.15, -0.1) is 0 Å². The average molecular weight is 292 g/mol. The Hall–Kier alpha value is -1.55. The van der Waals surface area contributed by atoms with Crippen LogP contribution in [0.4, 0.5) is 10.5 Å². The molecule has 1 amide bonds. The summed E-state index contributed by atoms with van der Waals surface area (Å²) < 4.78 is 5.31. The Balaban J connectivity index is 2.98. The number of rotatable bonds is 4.